The van der Waals surface area contributed by atoms with Crippen molar-refractivity contribution in [2.75, 3.05) is 0 Å². The minimum Gasteiger partial charge on any atom is -0.327 e. The van der Waals surface area contributed by atoms with Gasteiger partial charge in [0.25, 0.3) is 0 Å². The van der Waals surface area contributed by atoms with E-state index >= 15 is 0 Å². The van der Waals surface area contributed by atoms with Gasteiger partial charge in [-0.15, -0.1) is 0 Å². The lowest BCUT2D eigenvalue weighted by atomic mass is 9.84. The molecular formula is C9H15N. The van der Waals surface area contributed by atoms with Crippen LogP contribution in [-0.2, 0) is 0 Å². The van der Waals surface area contributed by atoms with Gasteiger partial charge in [-0.1, -0.05) is 0 Å². The molecule has 0 aromatic rings. The minimum absolute atomic E-state index is 0.594. The van der Waals surface area contributed by atoms with Gasteiger partial charge in [0.15, 0.2) is 0 Å². The number of hydrogen-bond acceptors (Lipinski definition) is 1. The maximum atomic E-state index is 6.04. The van der Waals surface area contributed by atoms with Crippen molar-refractivity contribution in [3.05, 3.63) is 0 Å². The highest BCUT2D eigenvalue weighted by molar-refractivity contribution is 5.07. The molecule has 1 nitrogen and oxygen atoms in total. The molecule has 0 amide bonds. The topological polar surface area (TPSA) is 26.0 Å². The van der Waals surface area contributed by atoms with Crippen LogP contribution in [0.5, 0.6) is 0 Å². The lowest BCUT2D eigenvalue weighted by Gasteiger charge is -2.24. The summed E-state index contributed by atoms with van der Waals surface area (Å²) in [5.74, 6) is 4.14. The van der Waals surface area contributed by atoms with Crippen molar-refractivity contribution in [1.82, 2.24) is 0 Å². The first-order chi connectivity index (χ1) is 4.86. The van der Waals surface area contributed by atoms with Crippen LogP contribution in [0, 0.1) is 23.7 Å². The van der Waals surface area contributed by atoms with E-state index in [0.717, 1.165) is 23.7 Å². The van der Waals surface area contributed by atoms with Gasteiger partial charge in [0.1, 0.15) is 0 Å². The van der Waals surface area contributed by atoms with Crippen LogP contribution < -0.4 is 5.73 Å². The molecule has 56 valence electrons. The first-order valence-electron chi connectivity index (χ1n) is 4.62. The fourth-order valence-electron chi connectivity index (χ4n) is 3.97. The second-order valence-electron chi connectivity index (χ2n) is 4.47. The molecule has 10 heavy (non-hydrogen) atoms. The highest BCUT2D eigenvalue weighted by atomic mass is 14.8. The van der Waals surface area contributed by atoms with Crippen molar-refractivity contribution >= 4 is 0 Å². The van der Waals surface area contributed by atoms with Crippen LogP contribution in [0.1, 0.15) is 25.7 Å². The van der Waals surface area contributed by atoms with E-state index in [1.54, 1.807) is 0 Å². The Labute approximate surface area is 62.0 Å². The largest absolute Gasteiger partial charge is 0.327 e. The molecule has 0 aliphatic heterocycles. The molecule has 3 aliphatic carbocycles. The van der Waals surface area contributed by atoms with E-state index < -0.39 is 0 Å². The zero-order valence-electron chi connectivity index (χ0n) is 6.29. The van der Waals surface area contributed by atoms with Gasteiger partial charge in [-0.05, 0) is 49.4 Å². The third kappa shape index (κ3) is 0.460. The van der Waals surface area contributed by atoms with E-state index in [2.05, 4.69) is 0 Å². The molecule has 0 aromatic heterocycles. The summed E-state index contributed by atoms with van der Waals surface area (Å²) in [6, 6.07) is 0.594. The van der Waals surface area contributed by atoms with E-state index in [-0.39, 0.29) is 0 Å². The molecule has 0 heterocycles. The van der Waals surface area contributed by atoms with Gasteiger partial charge in [0.2, 0.25) is 0 Å². The third-order valence-electron chi connectivity index (χ3n) is 4.19. The van der Waals surface area contributed by atoms with Crippen LogP contribution in [0.4, 0.5) is 0 Å². The minimum atomic E-state index is 0.594. The predicted octanol–water partition coefficient (Wildman–Crippen LogP) is 1.38. The Morgan fingerprint density at radius 2 is 1.90 bits per heavy atom. The van der Waals surface area contributed by atoms with Gasteiger partial charge in [0, 0.05) is 6.04 Å². The van der Waals surface area contributed by atoms with Crippen LogP contribution in [0.3, 0.4) is 0 Å². The molecule has 0 saturated heterocycles. The van der Waals surface area contributed by atoms with Crippen LogP contribution in [0.15, 0.2) is 0 Å². The summed E-state index contributed by atoms with van der Waals surface area (Å²) in [4.78, 5) is 0. The maximum absolute atomic E-state index is 6.04. The quantitative estimate of drug-likeness (QED) is 0.536. The molecule has 1 heteroatoms. The number of nitrogens with two attached hydrogens (primary N) is 1. The first-order valence-corrected chi connectivity index (χ1v) is 4.62. The molecule has 4 bridgehead atoms. The summed E-state index contributed by atoms with van der Waals surface area (Å²) in [6.07, 6.45) is 5.89. The summed E-state index contributed by atoms with van der Waals surface area (Å²) in [5, 5.41) is 0. The van der Waals surface area contributed by atoms with Crippen LogP contribution in [-0.4, -0.2) is 6.04 Å². The molecule has 3 rings (SSSR count). The van der Waals surface area contributed by atoms with Crippen LogP contribution in [0.25, 0.3) is 0 Å². The van der Waals surface area contributed by atoms with Crippen molar-refractivity contribution in [2.24, 2.45) is 29.4 Å². The summed E-state index contributed by atoms with van der Waals surface area (Å²) in [5.41, 5.74) is 6.04. The molecule has 3 fully saturated rings. The highest BCUT2D eigenvalue weighted by Gasteiger charge is 2.55. The molecular weight excluding hydrogens is 122 g/mol. The number of hydrogen-bond donors (Lipinski definition) is 1. The second-order valence-corrected chi connectivity index (χ2v) is 4.47. The average Bonchev–Trinajstić information content (AvgIpc) is 2.49. The second kappa shape index (κ2) is 1.58. The van der Waals surface area contributed by atoms with Crippen molar-refractivity contribution < 1.29 is 0 Å². The van der Waals surface area contributed by atoms with Gasteiger partial charge in [-0.2, -0.15) is 0 Å². The Bertz CT molecular complexity index is 164. The Morgan fingerprint density at radius 3 is 2.50 bits per heavy atom. The Balaban J connectivity index is 1.99. The number of rotatable bonds is 0. The van der Waals surface area contributed by atoms with Gasteiger partial charge in [-0.25, -0.2) is 0 Å². The fourth-order valence-corrected chi connectivity index (χ4v) is 3.97. The molecule has 0 spiro atoms. The first kappa shape index (κ1) is 5.59. The highest BCUT2D eigenvalue weighted by Crippen LogP contribution is 2.60. The molecule has 2 N–H and O–H groups in total. The van der Waals surface area contributed by atoms with Crippen LogP contribution >= 0.6 is 0 Å². The molecule has 0 radical (unpaired) electrons. The van der Waals surface area contributed by atoms with Gasteiger partial charge >= 0.3 is 0 Å². The molecule has 3 saturated carbocycles. The van der Waals surface area contributed by atoms with Gasteiger partial charge in [-0.3, -0.25) is 0 Å². The van der Waals surface area contributed by atoms with E-state index in [9.17, 15) is 0 Å². The van der Waals surface area contributed by atoms with Crippen molar-refractivity contribution in [1.29, 1.82) is 0 Å². The summed E-state index contributed by atoms with van der Waals surface area (Å²) in [7, 11) is 0. The van der Waals surface area contributed by atoms with E-state index in [4.69, 9.17) is 5.73 Å². The standard InChI is InChI=1S/C9H15N/c10-8-4-6-3-5-1-2-7(6)9(5)8/h5-9H,1-4,10H2/t5-,6+,7?,8-,9+/m0/s1. The summed E-state index contributed by atoms with van der Waals surface area (Å²) < 4.78 is 0. The zero-order valence-corrected chi connectivity index (χ0v) is 6.29. The lowest BCUT2D eigenvalue weighted by molar-refractivity contribution is 0.292. The van der Waals surface area contributed by atoms with Crippen molar-refractivity contribution in [3.8, 4) is 0 Å². The van der Waals surface area contributed by atoms with Gasteiger partial charge in [0.05, 0.1) is 0 Å². The Hall–Kier alpha value is -0.0400. The van der Waals surface area contributed by atoms with Crippen molar-refractivity contribution in [3.63, 3.8) is 0 Å². The zero-order chi connectivity index (χ0) is 6.72. The monoisotopic (exact) mass is 137 g/mol. The third-order valence-corrected chi connectivity index (χ3v) is 4.19. The summed E-state index contributed by atoms with van der Waals surface area (Å²) >= 11 is 0. The molecule has 5 atom stereocenters. The average molecular weight is 137 g/mol. The fraction of sp³-hybridized carbons (Fsp3) is 1.00. The molecule has 3 aliphatic rings. The SMILES string of the molecule is N[C@H]1C[C@H]2C[C@@H]3CCC2[C@@H]31. The lowest BCUT2D eigenvalue weighted by Crippen LogP contribution is -2.30. The van der Waals surface area contributed by atoms with Gasteiger partial charge < -0.3 is 5.73 Å². The van der Waals surface area contributed by atoms with E-state index in [1.807, 2.05) is 0 Å². The van der Waals surface area contributed by atoms with E-state index in [0.29, 0.717) is 6.04 Å². The van der Waals surface area contributed by atoms with Crippen molar-refractivity contribution in [2.45, 2.75) is 31.7 Å². The van der Waals surface area contributed by atoms with Crippen LogP contribution in [0.2, 0.25) is 0 Å². The smallest absolute Gasteiger partial charge is 0.00753 e. The van der Waals surface area contributed by atoms with E-state index in [1.165, 1.54) is 25.7 Å². The Kier molecular flexibility index (Phi) is 0.883. The maximum Gasteiger partial charge on any atom is 0.00753 e. The normalized spacial score (nSPS) is 63.9. The predicted molar refractivity (Wildman–Crippen MR) is 40.4 cm³/mol. The molecule has 1 unspecified atom stereocenters. The Morgan fingerprint density at radius 1 is 1.00 bits per heavy atom. The summed E-state index contributed by atoms with van der Waals surface area (Å²) in [6.45, 7) is 0. The molecule has 0 aromatic carbocycles.